The predicted octanol–water partition coefficient (Wildman–Crippen LogP) is 8.99. The highest BCUT2D eigenvalue weighted by atomic mass is 16.5. The predicted molar refractivity (Wildman–Crippen MR) is 161 cm³/mol. The van der Waals surface area contributed by atoms with Crippen molar-refractivity contribution in [2.45, 2.75) is 154 Å². The SMILES string of the molecule is CCCCCC=CCC=CCCCC(=O)N[C@@H](CO)[C@@H](/C=C/CCCCCCCCCCCCC)OC. The monoisotopic (exact) mass is 519 g/mol. The number of hydrogen-bond donors (Lipinski definition) is 2. The Morgan fingerprint density at radius 3 is 1.76 bits per heavy atom. The Bertz CT molecular complexity index is 570. The zero-order valence-electron chi connectivity index (χ0n) is 24.7. The molecular weight excluding hydrogens is 458 g/mol. The van der Waals surface area contributed by atoms with Gasteiger partial charge in [-0.05, 0) is 44.9 Å². The van der Waals surface area contributed by atoms with E-state index in [1.165, 1.54) is 96.3 Å². The van der Waals surface area contributed by atoms with Crippen molar-refractivity contribution in [3.05, 3.63) is 36.5 Å². The van der Waals surface area contributed by atoms with E-state index in [1.54, 1.807) is 7.11 Å². The van der Waals surface area contributed by atoms with Crippen molar-refractivity contribution in [1.29, 1.82) is 0 Å². The van der Waals surface area contributed by atoms with Gasteiger partial charge in [-0.3, -0.25) is 4.79 Å². The summed E-state index contributed by atoms with van der Waals surface area (Å²) in [5.74, 6) is -0.0240. The third-order valence-electron chi connectivity index (χ3n) is 6.87. The van der Waals surface area contributed by atoms with E-state index in [1.807, 2.05) is 6.08 Å². The van der Waals surface area contributed by atoms with Crippen LogP contribution in [0.15, 0.2) is 36.5 Å². The van der Waals surface area contributed by atoms with Crippen LogP contribution in [0, 0.1) is 0 Å². The van der Waals surface area contributed by atoms with Crippen LogP contribution in [0.5, 0.6) is 0 Å². The molecule has 0 saturated carbocycles. The fourth-order valence-electron chi connectivity index (χ4n) is 4.44. The molecule has 0 aromatic carbocycles. The molecule has 0 heterocycles. The van der Waals surface area contributed by atoms with Gasteiger partial charge < -0.3 is 15.2 Å². The molecule has 4 nitrogen and oxygen atoms in total. The number of amides is 1. The molecule has 0 rings (SSSR count). The van der Waals surface area contributed by atoms with E-state index in [4.69, 9.17) is 4.74 Å². The average molecular weight is 520 g/mol. The summed E-state index contributed by atoms with van der Waals surface area (Å²) in [4.78, 5) is 12.3. The molecule has 0 aliphatic rings. The maximum atomic E-state index is 12.3. The molecule has 0 aromatic rings. The molecule has 0 saturated heterocycles. The molecule has 0 spiro atoms. The molecule has 1 amide bonds. The van der Waals surface area contributed by atoms with Crippen LogP contribution in [0.3, 0.4) is 0 Å². The van der Waals surface area contributed by atoms with E-state index in [-0.39, 0.29) is 18.6 Å². The first kappa shape index (κ1) is 35.6. The number of hydrogen-bond acceptors (Lipinski definition) is 3. The van der Waals surface area contributed by atoms with Crippen molar-refractivity contribution in [1.82, 2.24) is 5.32 Å². The summed E-state index contributed by atoms with van der Waals surface area (Å²) < 4.78 is 5.54. The number of ether oxygens (including phenoxy) is 1. The van der Waals surface area contributed by atoms with Gasteiger partial charge in [0.2, 0.25) is 5.91 Å². The molecule has 0 aliphatic carbocycles. The highest BCUT2D eigenvalue weighted by Gasteiger charge is 2.19. The number of aliphatic hydroxyl groups excluding tert-OH is 1. The van der Waals surface area contributed by atoms with Crippen LogP contribution in [0.4, 0.5) is 0 Å². The molecule has 0 unspecified atom stereocenters. The Labute approximate surface area is 230 Å². The minimum Gasteiger partial charge on any atom is -0.394 e. The normalized spacial score (nSPS) is 13.7. The van der Waals surface area contributed by atoms with Crippen LogP contribution in [0.2, 0.25) is 0 Å². The van der Waals surface area contributed by atoms with Gasteiger partial charge in [0.1, 0.15) is 0 Å². The molecule has 0 aromatic heterocycles. The van der Waals surface area contributed by atoms with Crippen LogP contribution < -0.4 is 5.32 Å². The quantitative estimate of drug-likeness (QED) is 0.0841. The lowest BCUT2D eigenvalue weighted by Gasteiger charge is -2.23. The lowest BCUT2D eigenvalue weighted by atomic mass is 10.0. The first-order chi connectivity index (χ1) is 18.2. The maximum absolute atomic E-state index is 12.3. The third kappa shape index (κ3) is 24.7. The highest BCUT2D eigenvalue weighted by Crippen LogP contribution is 2.12. The Hall–Kier alpha value is -1.39. The fourth-order valence-corrected chi connectivity index (χ4v) is 4.44. The summed E-state index contributed by atoms with van der Waals surface area (Å²) in [6.45, 7) is 4.37. The van der Waals surface area contributed by atoms with Crippen molar-refractivity contribution in [2.75, 3.05) is 13.7 Å². The van der Waals surface area contributed by atoms with Crippen LogP contribution in [-0.2, 0) is 9.53 Å². The number of unbranched alkanes of at least 4 members (excludes halogenated alkanes) is 15. The highest BCUT2D eigenvalue weighted by molar-refractivity contribution is 5.76. The van der Waals surface area contributed by atoms with Gasteiger partial charge in [0, 0.05) is 13.5 Å². The first-order valence-corrected chi connectivity index (χ1v) is 15.6. The first-order valence-electron chi connectivity index (χ1n) is 15.6. The molecule has 2 atom stereocenters. The van der Waals surface area contributed by atoms with E-state index in [9.17, 15) is 9.90 Å². The largest absolute Gasteiger partial charge is 0.394 e. The van der Waals surface area contributed by atoms with Crippen molar-refractivity contribution in [3.8, 4) is 0 Å². The van der Waals surface area contributed by atoms with Gasteiger partial charge in [-0.25, -0.2) is 0 Å². The maximum Gasteiger partial charge on any atom is 0.220 e. The Morgan fingerprint density at radius 1 is 0.703 bits per heavy atom. The summed E-state index contributed by atoms with van der Waals surface area (Å²) in [7, 11) is 1.63. The summed E-state index contributed by atoms with van der Waals surface area (Å²) in [5, 5.41) is 12.7. The Balaban J connectivity index is 3.92. The third-order valence-corrected chi connectivity index (χ3v) is 6.87. The smallest absolute Gasteiger partial charge is 0.220 e. The number of allylic oxidation sites excluding steroid dienone is 5. The minimum absolute atomic E-state index is 0.0240. The van der Waals surface area contributed by atoms with Gasteiger partial charge in [0.25, 0.3) is 0 Å². The van der Waals surface area contributed by atoms with Gasteiger partial charge in [-0.2, -0.15) is 0 Å². The second-order valence-corrected chi connectivity index (χ2v) is 10.4. The molecule has 0 fully saturated rings. The molecule has 37 heavy (non-hydrogen) atoms. The van der Waals surface area contributed by atoms with Crippen molar-refractivity contribution >= 4 is 5.91 Å². The molecule has 0 bridgehead atoms. The summed E-state index contributed by atoms with van der Waals surface area (Å²) in [6, 6.07) is -0.403. The number of nitrogens with one attached hydrogen (secondary N) is 1. The van der Waals surface area contributed by atoms with Gasteiger partial charge in [-0.15, -0.1) is 0 Å². The van der Waals surface area contributed by atoms with E-state index < -0.39 is 6.04 Å². The Kier molecular flexibility index (Phi) is 28.1. The molecule has 2 N–H and O–H groups in total. The zero-order valence-corrected chi connectivity index (χ0v) is 24.7. The lowest BCUT2D eigenvalue weighted by molar-refractivity contribution is -0.123. The molecule has 216 valence electrons. The van der Waals surface area contributed by atoms with Crippen molar-refractivity contribution in [3.63, 3.8) is 0 Å². The average Bonchev–Trinajstić information content (AvgIpc) is 2.91. The van der Waals surface area contributed by atoms with Crippen LogP contribution in [0.25, 0.3) is 0 Å². The van der Waals surface area contributed by atoms with Crippen LogP contribution >= 0.6 is 0 Å². The van der Waals surface area contributed by atoms with Crippen LogP contribution in [-0.4, -0.2) is 36.9 Å². The van der Waals surface area contributed by atoms with Crippen molar-refractivity contribution in [2.24, 2.45) is 0 Å². The molecular formula is C33H61NO3. The topological polar surface area (TPSA) is 58.6 Å². The van der Waals surface area contributed by atoms with Crippen LogP contribution in [0.1, 0.15) is 142 Å². The van der Waals surface area contributed by atoms with E-state index >= 15 is 0 Å². The number of carbonyl (C=O) groups is 1. The number of carbonyl (C=O) groups excluding carboxylic acids is 1. The zero-order chi connectivity index (χ0) is 27.2. The summed E-state index contributed by atoms with van der Waals surface area (Å²) >= 11 is 0. The van der Waals surface area contributed by atoms with Gasteiger partial charge in [-0.1, -0.05) is 127 Å². The second kappa shape index (κ2) is 29.2. The second-order valence-electron chi connectivity index (χ2n) is 10.4. The summed E-state index contributed by atoms with van der Waals surface area (Å²) in [6.07, 6.45) is 36.6. The van der Waals surface area contributed by atoms with Crippen molar-refractivity contribution < 1.29 is 14.6 Å². The number of aliphatic hydroxyl groups is 1. The summed E-state index contributed by atoms with van der Waals surface area (Å²) in [5.41, 5.74) is 0. The van der Waals surface area contributed by atoms with E-state index in [2.05, 4.69) is 49.5 Å². The van der Waals surface area contributed by atoms with Gasteiger partial charge >= 0.3 is 0 Å². The Morgan fingerprint density at radius 2 is 1.19 bits per heavy atom. The van der Waals surface area contributed by atoms with E-state index in [0.29, 0.717) is 6.42 Å². The number of methoxy groups -OCH3 is 1. The molecule has 0 aliphatic heterocycles. The lowest BCUT2D eigenvalue weighted by Crippen LogP contribution is -2.45. The molecule has 4 heteroatoms. The van der Waals surface area contributed by atoms with E-state index in [0.717, 1.165) is 25.7 Å². The van der Waals surface area contributed by atoms with Gasteiger partial charge in [0.05, 0.1) is 18.8 Å². The standard InChI is InChI=1S/C33H61NO3/c1-4-6-8-10-12-14-16-17-19-20-22-24-26-28-32(37-3)31(30-35)34-33(36)29-27-25-23-21-18-15-13-11-9-7-5-2/h13,15,21,23,26,28,31-32,35H,4-12,14,16-20,22,24-25,27,29-30H2,1-3H3,(H,34,36)/b15-13?,23-21?,28-26+/t31-,32+/m0/s1. The number of rotatable bonds is 27. The minimum atomic E-state index is -0.403. The molecule has 0 radical (unpaired) electrons. The van der Waals surface area contributed by atoms with Gasteiger partial charge in [0.15, 0.2) is 0 Å². The fraction of sp³-hybridized carbons (Fsp3) is 0.788.